The van der Waals surface area contributed by atoms with Gasteiger partial charge in [-0.3, -0.25) is 0 Å². The van der Waals surface area contributed by atoms with Crippen LogP contribution in [0.3, 0.4) is 0 Å². The summed E-state index contributed by atoms with van der Waals surface area (Å²) in [6.07, 6.45) is 9.01. The molecule has 2 heterocycles. The lowest BCUT2D eigenvalue weighted by Gasteiger charge is -2.13. The van der Waals surface area contributed by atoms with Gasteiger partial charge in [0, 0.05) is 38.0 Å². The van der Waals surface area contributed by atoms with E-state index >= 15 is 0 Å². The van der Waals surface area contributed by atoms with Crippen molar-refractivity contribution in [3.8, 4) is 5.69 Å². The lowest BCUT2D eigenvalue weighted by molar-refractivity contribution is 1.02. The SMILES string of the molecule is Clc1ccc2c(c1)c1cc3c4ccccc4n(-c4ccccc4)c3cc1n2C1=CCCC=C1. The van der Waals surface area contributed by atoms with Crippen LogP contribution in [-0.4, -0.2) is 9.13 Å². The van der Waals surface area contributed by atoms with Crippen molar-refractivity contribution in [2.75, 3.05) is 0 Å². The van der Waals surface area contributed by atoms with Crippen molar-refractivity contribution in [1.82, 2.24) is 9.13 Å². The highest BCUT2D eigenvalue weighted by molar-refractivity contribution is 6.32. The third kappa shape index (κ3) is 2.74. The Hall–Kier alpha value is -3.75. The number of allylic oxidation sites excluding steroid dienone is 4. The largest absolute Gasteiger partial charge is 0.310 e. The molecule has 6 aromatic rings. The second-order valence-corrected chi connectivity index (χ2v) is 9.12. The molecule has 0 radical (unpaired) electrons. The maximum atomic E-state index is 6.47. The predicted octanol–water partition coefficient (Wildman–Crippen LogP) is 8.74. The first kappa shape index (κ1) is 18.8. The summed E-state index contributed by atoms with van der Waals surface area (Å²) in [6, 6.07) is 30.3. The van der Waals surface area contributed by atoms with Crippen molar-refractivity contribution < 1.29 is 0 Å². The normalized spacial score (nSPS) is 14.0. The Balaban J connectivity index is 1.69. The molecule has 4 aromatic carbocycles. The van der Waals surface area contributed by atoms with Gasteiger partial charge in [0.15, 0.2) is 0 Å². The summed E-state index contributed by atoms with van der Waals surface area (Å²) in [5.41, 5.74) is 7.23. The standard InChI is InChI=1S/C30H21ClN2/c31-20-15-16-28-24(17-20)26-18-25-23-13-7-8-14-27(23)32(21-9-3-1-4-10-21)29(25)19-30(26)33(28)22-11-5-2-6-12-22/h1,3-5,7-19H,2,6H2. The molecule has 2 aromatic heterocycles. The van der Waals surface area contributed by atoms with Crippen LogP contribution in [0.4, 0.5) is 0 Å². The van der Waals surface area contributed by atoms with E-state index < -0.39 is 0 Å². The van der Waals surface area contributed by atoms with Crippen LogP contribution in [0.5, 0.6) is 0 Å². The Morgan fingerprint density at radius 3 is 2.15 bits per heavy atom. The Kier molecular flexibility index (Phi) is 4.06. The van der Waals surface area contributed by atoms with E-state index in [0.717, 1.165) is 17.9 Å². The first-order valence-corrected chi connectivity index (χ1v) is 11.8. The van der Waals surface area contributed by atoms with E-state index in [9.17, 15) is 0 Å². The number of hydrogen-bond acceptors (Lipinski definition) is 0. The molecule has 0 fully saturated rings. The van der Waals surface area contributed by atoms with E-state index in [1.54, 1.807) is 0 Å². The van der Waals surface area contributed by atoms with E-state index in [1.807, 2.05) is 6.07 Å². The maximum Gasteiger partial charge on any atom is 0.0562 e. The van der Waals surface area contributed by atoms with E-state index in [2.05, 4.69) is 106 Å². The van der Waals surface area contributed by atoms with Crippen molar-refractivity contribution in [3.63, 3.8) is 0 Å². The number of para-hydroxylation sites is 2. The second-order valence-electron chi connectivity index (χ2n) is 8.68. The van der Waals surface area contributed by atoms with E-state index in [1.165, 1.54) is 55.0 Å². The van der Waals surface area contributed by atoms with Crippen molar-refractivity contribution in [1.29, 1.82) is 0 Å². The molecule has 0 unspecified atom stereocenters. The molecule has 2 nitrogen and oxygen atoms in total. The van der Waals surface area contributed by atoms with Crippen molar-refractivity contribution >= 4 is 60.9 Å². The number of halogens is 1. The monoisotopic (exact) mass is 444 g/mol. The third-order valence-electron chi connectivity index (χ3n) is 6.77. The number of hydrogen-bond donors (Lipinski definition) is 0. The van der Waals surface area contributed by atoms with Crippen LogP contribution in [0.25, 0.3) is 55.0 Å². The van der Waals surface area contributed by atoms with Crippen LogP contribution in [0, 0.1) is 0 Å². The first-order valence-electron chi connectivity index (χ1n) is 11.4. The molecule has 0 N–H and O–H groups in total. The topological polar surface area (TPSA) is 9.86 Å². The molecule has 7 rings (SSSR count). The summed E-state index contributed by atoms with van der Waals surface area (Å²) in [4.78, 5) is 0. The number of benzene rings is 4. The zero-order chi connectivity index (χ0) is 21.9. The van der Waals surface area contributed by atoms with Crippen LogP contribution < -0.4 is 0 Å². The van der Waals surface area contributed by atoms with Crippen LogP contribution in [-0.2, 0) is 0 Å². The molecule has 33 heavy (non-hydrogen) atoms. The molecule has 158 valence electrons. The van der Waals surface area contributed by atoms with Crippen LogP contribution >= 0.6 is 11.6 Å². The minimum Gasteiger partial charge on any atom is -0.310 e. The molecule has 0 spiro atoms. The Morgan fingerprint density at radius 2 is 1.30 bits per heavy atom. The fourth-order valence-electron chi connectivity index (χ4n) is 5.35. The number of fused-ring (bicyclic) bond motifs is 6. The van der Waals surface area contributed by atoms with Gasteiger partial charge >= 0.3 is 0 Å². The van der Waals surface area contributed by atoms with Crippen molar-refractivity contribution in [3.05, 3.63) is 108 Å². The molecule has 0 aliphatic heterocycles. The fraction of sp³-hybridized carbons (Fsp3) is 0.0667. The zero-order valence-corrected chi connectivity index (χ0v) is 18.8. The highest BCUT2D eigenvalue weighted by Gasteiger charge is 2.19. The van der Waals surface area contributed by atoms with Gasteiger partial charge in [0.1, 0.15) is 0 Å². The van der Waals surface area contributed by atoms with Crippen molar-refractivity contribution in [2.24, 2.45) is 0 Å². The summed E-state index contributed by atoms with van der Waals surface area (Å²) >= 11 is 6.47. The summed E-state index contributed by atoms with van der Waals surface area (Å²) in [5, 5.41) is 5.71. The lowest BCUT2D eigenvalue weighted by Crippen LogP contribution is -1.97. The molecular formula is C30H21ClN2. The van der Waals surface area contributed by atoms with E-state index in [-0.39, 0.29) is 0 Å². The molecule has 1 aliphatic rings. The summed E-state index contributed by atoms with van der Waals surface area (Å²) in [6.45, 7) is 0. The summed E-state index contributed by atoms with van der Waals surface area (Å²) < 4.78 is 4.77. The van der Waals surface area contributed by atoms with Gasteiger partial charge in [-0.05, 0) is 67.4 Å². The van der Waals surface area contributed by atoms with Gasteiger partial charge in [0.2, 0.25) is 0 Å². The summed E-state index contributed by atoms with van der Waals surface area (Å²) in [5.74, 6) is 0. The van der Waals surface area contributed by atoms with Crippen LogP contribution in [0.2, 0.25) is 5.02 Å². The summed E-state index contributed by atoms with van der Waals surface area (Å²) in [7, 11) is 0. The van der Waals surface area contributed by atoms with Gasteiger partial charge in [-0.1, -0.05) is 60.2 Å². The lowest BCUT2D eigenvalue weighted by atomic mass is 10.1. The highest BCUT2D eigenvalue weighted by atomic mass is 35.5. The van der Waals surface area contributed by atoms with Crippen LogP contribution in [0.15, 0.2) is 103 Å². The Labute approximate surface area is 196 Å². The zero-order valence-electron chi connectivity index (χ0n) is 18.0. The average molecular weight is 445 g/mol. The number of aromatic nitrogens is 2. The van der Waals surface area contributed by atoms with Crippen LogP contribution in [0.1, 0.15) is 12.8 Å². The van der Waals surface area contributed by atoms with Gasteiger partial charge in [-0.15, -0.1) is 0 Å². The number of nitrogens with zero attached hydrogens (tertiary/aromatic N) is 2. The van der Waals surface area contributed by atoms with Crippen molar-refractivity contribution in [2.45, 2.75) is 12.8 Å². The maximum absolute atomic E-state index is 6.47. The van der Waals surface area contributed by atoms with Gasteiger partial charge in [0.05, 0.1) is 22.1 Å². The highest BCUT2D eigenvalue weighted by Crippen LogP contribution is 2.40. The molecule has 0 atom stereocenters. The fourth-order valence-corrected chi connectivity index (χ4v) is 5.52. The molecule has 0 saturated carbocycles. The van der Waals surface area contributed by atoms with E-state index in [4.69, 9.17) is 11.6 Å². The van der Waals surface area contributed by atoms with Gasteiger partial charge < -0.3 is 9.13 Å². The smallest absolute Gasteiger partial charge is 0.0562 e. The second kappa shape index (κ2) is 7.13. The molecule has 0 saturated heterocycles. The molecular weight excluding hydrogens is 424 g/mol. The van der Waals surface area contributed by atoms with Gasteiger partial charge in [-0.2, -0.15) is 0 Å². The molecule has 0 amide bonds. The molecule has 3 heteroatoms. The Bertz CT molecular complexity index is 1760. The average Bonchev–Trinajstić information content (AvgIpc) is 3.35. The molecule has 1 aliphatic carbocycles. The third-order valence-corrected chi connectivity index (χ3v) is 7.00. The predicted molar refractivity (Wildman–Crippen MR) is 141 cm³/mol. The minimum atomic E-state index is 0.765. The quantitative estimate of drug-likeness (QED) is 0.252. The Morgan fingerprint density at radius 1 is 0.576 bits per heavy atom. The molecule has 0 bridgehead atoms. The number of rotatable bonds is 2. The first-order chi connectivity index (χ1) is 16.3. The minimum absolute atomic E-state index is 0.765. The van der Waals surface area contributed by atoms with E-state index in [0.29, 0.717) is 0 Å². The van der Waals surface area contributed by atoms with Gasteiger partial charge in [0.25, 0.3) is 0 Å². The van der Waals surface area contributed by atoms with Gasteiger partial charge in [-0.25, -0.2) is 0 Å².